The Morgan fingerprint density at radius 1 is 1.21 bits per heavy atom. The number of anilines is 1. The van der Waals surface area contributed by atoms with Crippen molar-refractivity contribution < 1.29 is 18.7 Å². The van der Waals surface area contributed by atoms with Crippen molar-refractivity contribution in [3.8, 4) is 11.4 Å². The molecule has 0 radical (unpaired) electrons. The third-order valence-electron chi connectivity index (χ3n) is 6.24. The third kappa shape index (κ3) is 3.98. The Morgan fingerprint density at radius 2 is 2.06 bits per heavy atom. The maximum atomic E-state index is 13.9. The number of hydrogen-bond donors (Lipinski definition) is 1. The lowest BCUT2D eigenvalue weighted by Crippen LogP contribution is -2.11. The van der Waals surface area contributed by atoms with E-state index in [0.717, 1.165) is 50.7 Å². The number of ether oxygens (including phenoxy) is 2. The summed E-state index contributed by atoms with van der Waals surface area (Å²) < 4.78 is 27.1. The van der Waals surface area contributed by atoms with Gasteiger partial charge in [-0.25, -0.2) is 9.37 Å². The number of carbonyl (C=O) groups is 1. The molecule has 4 aromatic rings. The molecule has 0 unspecified atom stereocenters. The van der Waals surface area contributed by atoms with Crippen LogP contribution >= 0.6 is 0 Å². The van der Waals surface area contributed by atoms with E-state index < -0.39 is 0 Å². The van der Waals surface area contributed by atoms with Crippen LogP contribution in [0.5, 0.6) is 5.75 Å². The van der Waals surface area contributed by atoms with Gasteiger partial charge in [0.05, 0.1) is 16.7 Å². The number of carbonyl (C=O) groups excluding carboxylic acids is 1. The van der Waals surface area contributed by atoms with E-state index >= 15 is 0 Å². The summed E-state index contributed by atoms with van der Waals surface area (Å²) in [6.45, 7) is 6.71. The van der Waals surface area contributed by atoms with Gasteiger partial charge in [0.15, 0.2) is 6.10 Å². The Kier molecular flexibility index (Phi) is 5.69. The number of esters is 1. The largest absolute Gasteiger partial charge is 0.489 e. The molecule has 5 rings (SSSR count). The van der Waals surface area contributed by atoms with Gasteiger partial charge in [-0.3, -0.25) is 9.36 Å². The molecule has 1 N–H and O–H groups in total. The molecule has 0 aliphatic carbocycles. The fraction of sp³-hybridized carbons (Fsp3) is 0.259. The maximum absolute atomic E-state index is 13.9. The molecule has 1 aliphatic rings. The highest BCUT2D eigenvalue weighted by Gasteiger charge is 2.27. The van der Waals surface area contributed by atoms with Crippen LogP contribution in [0.2, 0.25) is 0 Å². The molecule has 174 valence electrons. The highest BCUT2D eigenvalue weighted by Crippen LogP contribution is 2.37. The number of nitrogens with zero attached hydrogens (tertiary/aromatic N) is 2. The lowest BCUT2D eigenvalue weighted by atomic mass is 10.1. The fourth-order valence-electron chi connectivity index (χ4n) is 4.40. The monoisotopic (exact) mass is 459 g/mol. The van der Waals surface area contributed by atoms with E-state index in [2.05, 4.69) is 23.3 Å². The van der Waals surface area contributed by atoms with Crippen LogP contribution in [0.4, 0.5) is 10.1 Å². The van der Waals surface area contributed by atoms with Crippen LogP contribution in [0.25, 0.3) is 16.7 Å². The third-order valence-corrected chi connectivity index (χ3v) is 6.24. The molecule has 0 amide bonds. The molecule has 3 aromatic carbocycles. The number of fused-ring (bicyclic) bond motifs is 2. The van der Waals surface area contributed by atoms with Gasteiger partial charge in [-0.1, -0.05) is 19.1 Å². The molecule has 0 spiro atoms. The van der Waals surface area contributed by atoms with Crippen LogP contribution < -0.4 is 10.1 Å². The number of hydrogen-bond acceptors (Lipinski definition) is 5. The first-order valence-electron chi connectivity index (χ1n) is 11.4. The van der Waals surface area contributed by atoms with E-state index in [1.165, 1.54) is 12.1 Å². The van der Waals surface area contributed by atoms with Crippen molar-refractivity contribution >= 4 is 22.7 Å². The van der Waals surface area contributed by atoms with Crippen molar-refractivity contribution in [2.24, 2.45) is 0 Å². The summed E-state index contributed by atoms with van der Waals surface area (Å²) in [5.41, 5.74) is 6.50. The Balaban J connectivity index is 1.38. The second-order valence-corrected chi connectivity index (χ2v) is 8.44. The average molecular weight is 460 g/mol. The molecule has 34 heavy (non-hydrogen) atoms. The Labute approximate surface area is 197 Å². The maximum Gasteiger partial charge on any atom is 0.306 e. The normalized spacial score (nSPS) is 14.6. The second-order valence-electron chi connectivity index (χ2n) is 8.44. The SMILES string of the molecule is CCC(=O)O[C@@H]1COc2cc(NCc3cccc(-n4c(C)nc5ccc(F)cc54)c3C)ccc21. The number of nitrogens with one attached hydrogen (secondary N) is 1. The van der Waals surface area contributed by atoms with Gasteiger partial charge in [-0.15, -0.1) is 0 Å². The van der Waals surface area contributed by atoms with Crippen LogP contribution in [0.3, 0.4) is 0 Å². The van der Waals surface area contributed by atoms with Gasteiger partial charge in [-0.2, -0.15) is 0 Å². The van der Waals surface area contributed by atoms with Gasteiger partial charge >= 0.3 is 5.97 Å². The van der Waals surface area contributed by atoms with Gasteiger partial charge in [0.2, 0.25) is 0 Å². The predicted octanol–water partition coefficient (Wildman–Crippen LogP) is 5.78. The first-order valence-corrected chi connectivity index (χ1v) is 11.4. The number of aryl methyl sites for hydroxylation is 1. The van der Waals surface area contributed by atoms with Crippen molar-refractivity contribution in [2.45, 2.75) is 39.8 Å². The zero-order valence-electron chi connectivity index (χ0n) is 19.4. The van der Waals surface area contributed by atoms with Crippen molar-refractivity contribution in [1.82, 2.24) is 9.55 Å². The van der Waals surface area contributed by atoms with Gasteiger partial charge in [0, 0.05) is 36.3 Å². The fourth-order valence-corrected chi connectivity index (χ4v) is 4.40. The topological polar surface area (TPSA) is 65.4 Å². The lowest BCUT2D eigenvalue weighted by Gasteiger charge is -2.16. The van der Waals surface area contributed by atoms with Crippen LogP contribution in [0.1, 0.15) is 42.0 Å². The van der Waals surface area contributed by atoms with Gasteiger partial charge in [0.1, 0.15) is 24.0 Å². The van der Waals surface area contributed by atoms with E-state index in [9.17, 15) is 9.18 Å². The predicted molar refractivity (Wildman–Crippen MR) is 129 cm³/mol. The van der Waals surface area contributed by atoms with E-state index in [0.29, 0.717) is 19.6 Å². The van der Waals surface area contributed by atoms with Gasteiger partial charge in [0.25, 0.3) is 0 Å². The Bertz CT molecular complexity index is 1400. The second kappa shape index (κ2) is 8.82. The summed E-state index contributed by atoms with van der Waals surface area (Å²) in [6, 6.07) is 16.6. The highest BCUT2D eigenvalue weighted by atomic mass is 19.1. The van der Waals surface area contributed by atoms with Crippen LogP contribution in [0.15, 0.2) is 54.6 Å². The Hall–Kier alpha value is -3.87. The van der Waals surface area contributed by atoms with Crippen LogP contribution in [0, 0.1) is 19.7 Å². The van der Waals surface area contributed by atoms with Crippen molar-refractivity contribution in [3.63, 3.8) is 0 Å². The molecule has 0 saturated heterocycles. The van der Waals surface area contributed by atoms with E-state index in [4.69, 9.17) is 9.47 Å². The van der Waals surface area contributed by atoms with Crippen molar-refractivity contribution in [1.29, 1.82) is 0 Å². The van der Waals surface area contributed by atoms with Crippen molar-refractivity contribution in [2.75, 3.05) is 11.9 Å². The molecule has 0 bridgehead atoms. The van der Waals surface area contributed by atoms with E-state index in [1.807, 2.05) is 41.8 Å². The molecule has 0 saturated carbocycles. The summed E-state index contributed by atoms with van der Waals surface area (Å²) in [7, 11) is 0. The standard InChI is InChI=1S/C27H26FN3O3/c1-4-27(32)34-26-15-33-25-13-20(9-10-21(25)26)29-14-18-6-5-7-23(16(18)2)31-17(3)30-22-11-8-19(28)12-24(22)31/h5-13,26,29H,4,14-15H2,1-3H3/t26-/m1/s1. The number of imidazole rings is 1. The number of halogens is 1. The molecule has 1 atom stereocenters. The molecular weight excluding hydrogens is 433 g/mol. The summed E-state index contributed by atoms with van der Waals surface area (Å²) in [5.74, 6) is 1.02. The van der Waals surface area contributed by atoms with Crippen LogP contribution in [-0.2, 0) is 16.1 Å². The zero-order chi connectivity index (χ0) is 23.8. The zero-order valence-corrected chi connectivity index (χ0v) is 19.4. The molecule has 1 aromatic heterocycles. The summed E-state index contributed by atoms with van der Waals surface area (Å²) in [6.07, 6.45) is -0.0127. The smallest absolute Gasteiger partial charge is 0.306 e. The summed E-state index contributed by atoms with van der Waals surface area (Å²) in [4.78, 5) is 16.2. The number of benzene rings is 3. The summed E-state index contributed by atoms with van der Waals surface area (Å²) >= 11 is 0. The van der Waals surface area contributed by atoms with E-state index in [1.54, 1.807) is 13.0 Å². The van der Waals surface area contributed by atoms with Crippen LogP contribution in [-0.4, -0.2) is 22.1 Å². The molecule has 1 aliphatic heterocycles. The van der Waals surface area contributed by atoms with Crippen molar-refractivity contribution in [3.05, 3.63) is 82.9 Å². The average Bonchev–Trinajstić information content (AvgIpc) is 3.37. The van der Waals surface area contributed by atoms with E-state index in [-0.39, 0.29) is 17.9 Å². The minimum atomic E-state index is -0.353. The van der Waals surface area contributed by atoms with Gasteiger partial charge < -0.3 is 14.8 Å². The molecule has 6 nitrogen and oxygen atoms in total. The highest BCUT2D eigenvalue weighted by molar-refractivity contribution is 5.79. The minimum absolute atomic E-state index is 0.234. The first kappa shape index (κ1) is 21.9. The van der Waals surface area contributed by atoms with Gasteiger partial charge in [-0.05, 0) is 55.3 Å². The lowest BCUT2D eigenvalue weighted by molar-refractivity contribution is -0.149. The molecule has 7 heteroatoms. The number of aromatic nitrogens is 2. The molecule has 0 fully saturated rings. The molecule has 2 heterocycles. The molecular formula is C27H26FN3O3. The minimum Gasteiger partial charge on any atom is -0.489 e. The quantitative estimate of drug-likeness (QED) is 0.370. The number of rotatable bonds is 6. The Morgan fingerprint density at radius 3 is 2.88 bits per heavy atom. The first-order chi connectivity index (χ1) is 16.4. The summed E-state index contributed by atoms with van der Waals surface area (Å²) in [5, 5.41) is 3.46.